The van der Waals surface area contributed by atoms with Gasteiger partial charge in [0, 0.05) is 43.6 Å². The van der Waals surface area contributed by atoms with Gasteiger partial charge in [0.15, 0.2) is 5.78 Å². The summed E-state index contributed by atoms with van der Waals surface area (Å²) in [6.07, 6.45) is 1.56. The molecular weight excluding hydrogens is 297 g/mol. The number of rotatable bonds is 3. The van der Waals surface area contributed by atoms with Gasteiger partial charge >= 0.3 is 0 Å². The predicted molar refractivity (Wildman–Crippen MR) is 85.3 cm³/mol. The van der Waals surface area contributed by atoms with Gasteiger partial charge in [-0.3, -0.25) is 9.59 Å². The number of hydrogen-bond donors (Lipinski definition) is 1. The molecule has 1 saturated heterocycles. The van der Waals surface area contributed by atoms with Gasteiger partial charge in [0.2, 0.25) is 0 Å². The number of nitrogens with one attached hydrogen (secondary N) is 1. The molecule has 1 fully saturated rings. The molecule has 0 unspecified atom stereocenters. The highest BCUT2D eigenvalue weighted by molar-refractivity contribution is 5.99. The number of carbonyl (C=O) groups excluding carboxylic acids is 2. The van der Waals surface area contributed by atoms with Crippen molar-refractivity contribution in [1.82, 2.24) is 9.88 Å². The van der Waals surface area contributed by atoms with Crippen LogP contribution >= 0.6 is 0 Å². The average molecular weight is 315 g/mol. The molecule has 2 heterocycles. The number of ketones is 1. The number of H-pyrrole nitrogens is 1. The van der Waals surface area contributed by atoms with E-state index >= 15 is 0 Å². The fourth-order valence-electron chi connectivity index (χ4n) is 2.71. The number of carbonyl (C=O) groups is 2. The zero-order valence-corrected chi connectivity index (χ0v) is 12.9. The Morgan fingerprint density at radius 1 is 1.09 bits per heavy atom. The Bertz CT molecular complexity index is 716. The minimum atomic E-state index is -0.254. The molecule has 0 atom stereocenters. The largest absolute Gasteiger partial charge is 0.368 e. The molecule has 1 N–H and O–H groups in total. The molecule has 1 aromatic heterocycles. The van der Waals surface area contributed by atoms with Gasteiger partial charge in [-0.25, -0.2) is 4.39 Å². The summed E-state index contributed by atoms with van der Waals surface area (Å²) in [5, 5.41) is 0. The lowest BCUT2D eigenvalue weighted by atomic mass is 10.2. The van der Waals surface area contributed by atoms with Crippen molar-refractivity contribution < 1.29 is 14.0 Å². The van der Waals surface area contributed by atoms with Crippen LogP contribution in [0.2, 0.25) is 0 Å². The summed E-state index contributed by atoms with van der Waals surface area (Å²) in [6.45, 7) is 4.03. The minimum Gasteiger partial charge on any atom is -0.368 e. The van der Waals surface area contributed by atoms with E-state index in [0.717, 1.165) is 5.69 Å². The van der Waals surface area contributed by atoms with Crippen molar-refractivity contribution in [2.75, 3.05) is 31.1 Å². The van der Waals surface area contributed by atoms with Crippen LogP contribution < -0.4 is 4.90 Å². The van der Waals surface area contributed by atoms with Crippen molar-refractivity contribution in [3.05, 3.63) is 53.6 Å². The lowest BCUT2D eigenvalue weighted by molar-refractivity contribution is 0.0741. The second-order valence-corrected chi connectivity index (χ2v) is 5.61. The summed E-state index contributed by atoms with van der Waals surface area (Å²) in [5.74, 6) is -0.423. The van der Waals surface area contributed by atoms with Crippen molar-refractivity contribution >= 4 is 17.4 Å². The molecule has 3 rings (SSSR count). The Hall–Kier alpha value is -2.63. The van der Waals surface area contributed by atoms with Gasteiger partial charge in [-0.2, -0.15) is 0 Å². The normalized spacial score (nSPS) is 14.9. The first-order valence-corrected chi connectivity index (χ1v) is 7.54. The molecule has 2 aromatic rings. The number of Topliss-reactive ketones (excluding diaryl/α,β-unsaturated/α-hetero) is 1. The quantitative estimate of drug-likeness (QED) is 0.884. The number of halogens is 1. The molecule has 5 nitrogen and oxygen atoms in total. The Kier molecular flexibility index (Phi) is 4.14. The smallest absolute Gasteiger partial charge is 0.270 e. The number of anilines is 1. The van der Waals surface area contributed by atoms with E-state index in [4.69, 9.17) is 0 Å². The average Bonchev–Trinajstić information content (AvgIpc) is 3.05. The van der Waals surface area contributed by atoms with Gasteiger partial charge in [-0.15, -0.1) is 0 Å². The van der Waals surface area contributed by atoms with Gasteiger partial charge in [0.05, 0.1) is 0 Å². The van der Waals surface area contributed by atoms with E-state index in [1.807, 2.05) is 0 Å². The highest BCUT2D eigenvalue weighted by atomic mass is 19.1. The molecule has 1 amide bonds. The number of nitrogens with zero attached hydrogens (tertiary/aromatic N) is 2. The fraction of sp³-hybridized carbons (Fsp3) is 0.294. The van der Waals surface area contributed by atoms with Crippen LogP contribution in [-0.2, 0) is 0 Å². The number of aromatic nitrogens is 1. The van der Waals surface area contributed by atoms with Crippen LogP contribution in [0.4, 0.5) is 10.1 Å². The summed E-state index contributed by atoms with van der Waals surface area (Å²) >= 11 is 0. The third-order valence-electron chi connectivity index (χ3n) is 4.08. The van der Waals surface area contributed by atoms with Gasteiger partial charge < -0.3 is 14.8 Å². The zero-order valence-electron chi connectivity index (χ0n) is 12.9. The number of hydrogen-bond acceptors (Lipinski definition) is 3. The van der Waals surface area contributed by atoms with Crippen molar-refractivity contribution in [1.29, 1.82) is 0 Å². The summed E-state index contributed by atoms with van der Waals surface area (Å²) in [7, 11) is 0. The van der Waals surface area contributed by atoms with Gasteiger partial charge in [0.25, 0.3) is 5.91 Å². The molecule has 0 saturated carbocycles. The maximum atomic E-state index is 13.0. The van der Waals surface area contributed by atoms with Crippen LogP contribution in [0.1, 0.15) is 27.8 Å². The van der Waals surface area contributed by atoms with Crippen molar-refractivity contribution in [3.63, 3.8) is 0 Å². The second kappa shape index (κ2) is 6.24. The Balaban J connectivity index is 1.62. The third-order valence-corrected chi connectivity index (χ3v) is 4.08. The summed E-state index contributed by atoms with van der Waals surface area (Å²) in [4.78, 5) is 30.5. The Morgan fingerprint density at radius 2 is 1.74 bits per heavy atom. The molecule has 0 aliphatic carbocycles. The van der Waals surface area contributed by atoms with Gasteiger partial charge in [-0.1, -0.05) is 0 Å². The van der Waals surface area contributed by atoms with E-state index in [9.17, 15) is 14.0 Å². The lowest BCUT2D eigenvalue weighted by Crippen LogP contribution is -2.48. The van der Waals surface area contributed by atoms with E-state index in [1.54, 1.807) is 29.3 Å². The standard InChI is InChI=1S/C17H18FN3O2/c1-12(22)13-10-16(19-11-13)17(23)21-8-6-20(7-9-21)15-4-2-14(18)3-5-15/h2-5,10-11,19H,6-9H2,1H3. The van der Waals surface area contributed by atoms with E-state index in [1.165, 1.54) is 19.1 Å². The van der Waals surface area contributed by atoms with E-state index in [0.29, 0.717) is 37.4 Å². The van der Waals surface area contributed by atoms with Crippen molar-refractivity contribution in [2.45, 2.75) is 6.92 Å². The Morgan fingerprint density at radius 3 is 2.30 bits per heavy atom. The van der Waals surface area contributed by atoms with E-state index in [2.05, 4.69) is 9.88 Å². The topological polar surface area (TPSA) is 56.4 Å². The third kappa shape index (κ3) is 3.26. The number of aromatic amines is 1. The SMILES string of the molecule is CC(=O)c1c[nH]c(C(=O)N2CCN(c3ccc(F)cc3)CC2)c1. The van der Waals surface area contributed by atoms with Gasteiger partial charge in [-0.05, 0) is 37.3 Å². The maximum absolute atomic E-state index is 13.0. The number of amides is 1. The lowest BCUT2D eigenvalue weighted by Gasteiger charge is -2.36. The van der Waals surface area contributed by atoms with Crippen molar-refractivity contribution in [3.8, 4) is 0 Å². The molecule has 1 aromatic carbocycles. The molecule has 120 valence electrons. The van der Waals surface area contributed by atoms with Crippen LogP contribution in [0.15, 0.2) is 36.5 Å². The zero-order chi connectivity index (χ0) is 16.4. The predicted octanol–water partition coefficient (Wildman–Crippen LogP) is 2.32. The summed E-state index contributed by atoms with van der Waals surface area (Å²) < 4.78 is 13.0. The maximum Gasteiger partial charge on any atom is 0.270 e. The molecule has 23 heavy (non-hydrogen) atoms. The monoisotopic (exact) mass is 315 g/mol. The van der Waals surface area contributed by atoms with Crippen LogP contribution in [0, 0.1) is 5.82 Å². The van der Waals surface area contributed by atoms with E-state index < -0.39 is 0 Å². The molecule has 0 bridgehead atoms. The molecule has 0 spiro atoms. The van der Waals surface area contributed by atoms with Crippen LogP contribution in [0.5, 0.6) is 0 Å². The number of benzene rings is 1. The van der Waals surface area contributed by atoms with E-state index in [-0.39, 0.29) is 17.5 Å². The van der Waals surface area contributed by atoms with Crippen molar-refractivity contribution in [2.24, 2.45) is 0 Å². The highest BCUT2D eigenvalue weighted by Gasteiger charge is 2.23. The molecule has 1 aliphatic heterocycles. The first kappa shape index (κ1) is 15.3. The molecule has 6 heteroatoms. The van der Waals surface area contributed by atoms with Crippen LogP contribution in [-0.4, -0.2) is 47.8 Å². The minimum absolute atomic E-state index is 0.0681. The first-order valence-electron chi connectivity index (χ1n) is 7.54. The highest BCUT2D eigenvalue weighted by Crippen LogP contribution is 2.18. The fourth-order valence-corrected chi connectivity index (χ4v) is 2.71. The first-order chi connectivity index (χ1) is 11.0. The molecule has 0 radical (unpaired) electrons. The summed E-state index contributed by atoms with van der Waals surface area (Å²) in [6, 6.07) is 7.97. The number of piperazine rings is 1. The molecule has 1 aliphatic rings. The van der Waals surface area contributed by atoms with Crippen LogP contribution in [0.25, 0.3) is 0 Å². The van der Waals surface area contributed by atoms with Gasteiger partial charge in [0.1, 0.15) is 11.5 Å². The van der Waals surface area contributed by atoms with Crippen LogP contribution in [0.3, 0.4) is 0 Å². The Labute approximate surface area is 133 Å². The summed E-state index contributed by atoms with van der Waals surface area (Å²) in [5.41, 5.74) is 1.90. The molecular formula is C17H18FN3O2. The second-order valence-electron chi connectivity index (χ2n) is 5.61.